The van der Waals surface area contributed by atoms with Gasteiger partial charge in [-0.1, -0.05) is 24.3 Å². The van der Waals surface area contributed by atoms with E-state index in [2.05, 4.69) is 0 Å². The lowest BCUT2D eigenvalue weighted by atomic mass is 10.0. The van der Waals surface area contributed by atoms with Gasteiger partial charge in [0.25, 0.3) is 0 Å². The number of thioether (sulfide) groups is 1. The molecule has 4 heteroatoms. The molecular weight excluding hydrogens is 296 g/mol. The largest absolute Gasteiger partial charge is 0.496 e. The maximum absolute atomic E-state index is 12.5. The molecule has 0 atom stereocenters. The van der Waals surface area contributed by atoms with E-state index in [1.54, 1.807) is 25.1 Å². The van der Waals surface area contributed by atoms with Crippen LogP contribution in [0, 0.1) is 0 Å². The Bertz CT molecular complexity index is 778. The number of furan rings is 1. The van der Waals surface area contributed by atoms with Crippen LogP contribution < -0.4 is 4.74 Å². The molecule has 3 rings (SSSR count). The molecule has 0 radical (unpaired) electrons. The fourth-order valence-corrected chi connectivity index (χ4v) is 3.22. The van der Waals surface area contributed by atoms with E-state index in [9.17, 15) is 4.79 Å². The van der Waals surface area contributed by atoms with E-state index in [-0.39, 0.29) is 5.78 Å². The van der Waals surface area contributed by atoms with Crippen molar-refractivity contribution in [3.8, 4) is 5.75 Å². The van der Waals surface area contributed by atoms with Crippen molar-refractivity contribution >= 4 is 28.3 Å². The van der Waals surface area contributed by atoms with Gasteiger partial charge in [0.05, 0.1) is 24.9 Å². The minimum absolute atomic E-state index is 0.121. The van der Waals surface area contributed by atoms with E-state index in [0.29, 0.717) is 11.5 Å². The maximum atomic E-state index is 12.5. The predicted octanol–water partition coefficient (Wildman–Crippen LogP) is 4.56. The summed E-state index contributed by atoms with van der Waals surface area (Å²) < 4.78 is 10.6. The van der Waals surface area contributed by atoms with Gasteiger partial charge in [-0.3, -0.25) is 4.79 Å². The molecule has 3 nitrogen and oxygen atoms in total. The molecule has 1 aromatic heterocycles. The number of hydrogen-bond acceptors (Lipinski definition) is 4. The zero-order chi connectivity index (χ0) is 15.4. The zero-order valence-electron chi connectivity index (χ0n) is 12.2. The zero-order valence-corrected chi connectivity index (χ0v) is 13.1. The van der Waals surface area contributed by atoms with Crippen LogP contribution in [-0.2, 0) is 5.75 Å². The van der Waals surface area contributed by atoms with Gasteiger partial charge in [0, 0.05) is 10.9 Å². The lowest BCUT2D eigenvalue weighted by Gasteiger charge is -2.09. The van der Waals surface area contributed by atoms with Gasteiger partial charge in [-0.2, -0.15) is 0 Å². The smallest absolute Gasteiger partial charge is 0.173 e. The van der Waals surface area contributed by atoms with E-state index in [1.807, 2.05) is 48.5 Å². The summed E-state index contributed by atoms with van der Waals surface area (Å²) >= 11 is 1.56. The first kappa shape index (κ1) is 14.7. The Hall–Kier alpha value is -2.20. The topological polar surface area (TPSA) is 39.4 Å². The van der Waals surface area contributed by atoms with Gasteiger partial charge < -0.3 is 9.15 Å². The number of carbonyl (C=O) groups excluding carboxylic acids is 1. The Kier molecular flexibility index (Phi) is 4.49. The van der Waals surface area contributed by atoms with E-state index >= 15 is 0 Å². The third kappa shape index (κ3) is 3.02. The Labute approximate surface area is 133 Å². The van der Waals surface area contributed by atoms with E-state index in [4.69, 9.17) is 9.15 Å². The summed E-state index contributed by atoms with van der Waals surface area (Å²) in [4.78, 5) is 12.5. The van der Waals surface area contributed by atoms with Gasteiger partial charge in [0.1, 0.15) is 11.5 Å². The molecule has 0 saturated carbocycles. The van der Waals surface area contributed by atoms with Crippen LogP contribution in [0.15, 0.2) is 59.2 Å². The number of benzene rings is 2. The number of ketones is 1. The van der Waals surface area contributed by atoms with Crippen LogP contribution in [-0.4, -0.2) is 18.6 Å². The summed E-state index contributed by atoms with van der Waals surface area (Å²) in [5.74, 6) is 2.92. The Morgan fingerprint density at radius 2 is 1.91 bits per heavy atom. The molecule has 0 saturated heterocycles. The highest BCUT2D eigenvalue weighted by Crippen LogP contribution is 2.29. The van der Waals surface area contributed by atoms with Crippen molar-refractivity contribution in [1.29, 1.82) is 0 Å². The van der Waals surface area contributed by atoms with Crippen molar-refractivity contribution in [2.75, 3.05) is 12.9 Å². The van der Waals surface area contributed by atoms with Crippen LogP contribution in [0.3, 0.4) is 0 Å². The molecule has 112 valence electrons. The molecule has 0 spiro atoms. The number of ether oxygens (including phenoxy) is 1. The predicted molar refractivity (Wildman–Crippen MR) is 89.7 cm³/mol. The molecule has 0 aliphatic rings. The van der Waals surface area contributed by atoms with E-state index in [1.165, 1.54) is 0 Å². The number of methoxy groups -OCH3 is 1. The molecule has 0 unspecified atom stereocenters. The second-order valence-electron chi connectivity index (χ2n) is 4.86. The molecule has 0 aliphatic carbocycles. The summed E-state index contributed by atoms with van der Waals surface area (Å²) in [6.45, 7) is 0. The standard InChI is InChI=1S/C18H16O3S/c1-20-18-9-8-15(14-6-2-3-7-16(14)18)17(19)12-22-11-13-5-4-10-21-13/h2-10H,11-12H2,1H3. The third-order valence-corrected chi connectivity index (χ3v) is 4.42. The van der Waals surface area contributed by atoms with Crippen LogP contribution in [0.25, 0.3) is 10.8 Å². The quantitative estimate of drug-likeness (QED) is 0.626. The first-order valence-electron chi connectivity index (χ1n) is 6.98. The SMILES string of the molecule is COc1ccc(C(=O)CSCc2ccco2)c2ccccc12. The molecule has 0 fully saturated rings. The van der Waals surface area contributed by atoms with Gasteiger partial charge in [0.15, 0.2) is 5.78 Å². The Balaban J connectivity index is 1.79. The first-order valence-corrected chi connectivity index (χ1v) is 8.14. The van der Waals surface area contributed by atoms with Crippen LogP contribution >= 0.6 is 11.8 Å². The molecule has 0 bridgehead atoms. The number of hydrogen-bond donors (Lipinski definition) is 0. The number of fused-ring (bicyclic) bond motifs is 1. The molecule has 0 aliphatic heterocycles. The number of Topliss-reactive ketones (excluding diaryl/α,β-unsaturated/α-hetero) is 1. The summed E-state index contributed by atoms with van der Waals surface area (Å²) in [6, 6.07) is 15.3. The highest BCUT2D eigenvalue weighted by molar-refractivity contribution is 7.99. The van der Waals surface area contributed by atoms with E-state index in [0.717, 1.165) is 27.8 Å². The van der Waals surface area contributed by atoms with Crippen molar-refractivity contribution in [2.45, 2.75) is 5.75 Å². The molecule has 22 heavy (non-hydrogen) atoms. The second-order valence-corrected chi connectivity index (χ2v) is 5.84. The normalized spacial score (nSPS) is 10.8. The van der Waals surface area contributed by atoms with Gasteiger partial charge in [-0.05, 0) is 29.7 Å². The van der Waals surface area contributed by atoms with E-state index < -0.39 is 0 Å². The van der Waals surface area contributed by atoms with Crippen molar-refractivity contribution in [2.24, 2.45) is 0 Å². The lowest BCUT2D eigenvalue weighted by molar-refractivity contribution is 0.102. The fraction of sp³-hybridized carbons (Fsp3) is 0.167. The highest BCUT2D eigenvalue weighted by Gasteiger charge is 2.13. The third-order valence-electron chi connectivity index (χ3n) is 3.46. The number of rotatable bonds is 6. The molecular formula is C18H16O3S. The maximum Gasteiger partial charge on any atom is 0.173 e. The van der Waals surface area contributed by atoms with Crippen LogP contribution in [0.4, 0.5) is 0 Å². The first-order chi connectivity index (χ1) is 10.8. The lowest BCUT2D eigenvalue weighted by Crippen LogP contribution is -2.04. The van der Waals surface area contributed by atoms with Gasteiger partial charge >= 0.3 is 0 Å². The van der Waals surface area contributed by atoms with Crippen LogP contribution in [0.5, 0.6) is 5.75 Å². The average molecular weight is 312 g/mol. The highest BCUT2D eigenvalue weighted by atomic mass is 32.2. The average Bonchev–Trinajstić information content (AvgIpc) is 3.07. The molecule has 2 aromatic carbocycles. The van der Waals surface area contributed by atoms with Gasteiger partial charge in [-0.15, -0.1) is 11.8 Å². The van der Waals surface area contributed by atoms with Gasteiger partial charge in [0.2, 0.25) is 0 Å². The number of carbonyl (C=O) groups is 1. The molecule has 3 aromatic rings. The van der Waals surface area contributed by atoms with Crippen LogP contribution in [0.2, 0.25) is 0 Å². The molecule has 1 heterocycles. The minimum Gasteiger partial charge on any atom is -0.496 e. The summed E-state index contributed by atoms with van der Waals surface area (Å²) in [6.07, 6.45) is 1.65. The molecule has 0 N–H and O–H groups in total. The van der Waals surface area contributed by atoms with Crippen molar-refractivity contribution in [3.05, 3.63) is 66.1 Å². The fourth-order valence-electron chi connectivity index (χ4n) is 2.41. The minimum atomic E-state index is 0.121. The van der Waals surface area contributed by atoms with Gasteiger partial charge in [-0.25, -0.2) is 0 Å². The van der Waals surface area contributed by atoms with Crippen LogP contribution in [0.1, 0.15) is 16.1 Å². The summed E-state index contributed by atoms with van der Waals surface area (Å²) in [5, 5.41) is 1.90. The monoisotopic (exact) mass is 312 g/mol. The second kappa shape index (κ2) is 6.71. The summed E-state index contributed by atoms with van der Waals surface area (Å²) in [7, 11) is 1.64. The Morgan fingerprint density at radius 1 is 1.09 bits per heavy atom. The van der Waals surface area contributed by atoms with Crippen molar-refractivity contribution in [3.63, 3.8) is 0 Å². The van der Waals surface area contributed by atoms with Crippen molar-refractivity contribution in [1.82, 2.24) is 0 Å². The Morgan fingerprint density at radius 3 is 2.64 bits per heavy atom. The summed E-state index contributed by atoms with van der Waals surface area (Å²) in [5.41, 5.74) is 0.739. The molecule has 0 amide bonds. The van der Waals surface area contributed by atoms with Crippen molar-refractivity contribution < 1.29 is 13.9 Å².